The molecule has 2 heterocycles. The molecule has 2 fully saturated rings. The highest BCUT2D eigenvalue weighted by Gasteiger charge is 2.48. The summed E-state index contributed by atoms with van der Waals surface area (Å²) in [6.07, 6.45) is 1.27. The molecule has 6 heteroatoms. The molecule has 0 radical (unpaired) electrons. The molecule has 0 saturated carbocycles. The second kappa shape index (κ2) is 6.44. The summed E-state index contributed by atoms with van der Waals surface area (Å²) in [5, 5.41) is 2.79. The van der Waals surface area contributed by atoms with E-state index in [1.54, 1.807) is 4.90 Å². The molecule has 4 rings (SSSR count). The molecule has 2 aliphatic rings. The zero-order chi connectivity index (χ0) is 18.1. The number of halogens is 1. The highest BCUT2D eigenvalue weighted by atomic mass is 19.1. The molecular weight excluding hydrogens is 333 g/mol. The van der Waals surface area contributed by atoms with E-state index in [9.17, 15) is 14.0 Å². The number of para-hydroxylation sites is 1. The van der Waals surface area contributed by atoms with Gasteiger partial charge in [0.15, 0.2) is 0 Å². The summed E-state index contributed by atoms with van der Waals surface area (Å²) in [5.41, 5.74) is 1.28. The van der Waals surface area contributed by atoms with Gasteiger partial charge in [-0.3, -0.25) is 4.79 Å². The molecule has 2 saturated heterocycles. The second-order valence-corrected chi connectivity index (χ2v) is 7.10. The van der Waals surface area contributed by atoms with Crippen molar-refractivity contribution in [1.82, 2.24) is 4.90 Å². The van der Waals surface area contributed by atoms with Gasteiger partial charge in [0.1, 0.15) is 5.82 Å². The van der Waals surface area contributed by atoms with Crippen molar-refractivity contribution in [2.24, 2.45) is 5.41 Å². The van der Waals surface area contributed by atoms with Crippen LogP contribution in [0.15, 0.2) is 54.6 Å². The molecule has 0 bridgehead atoms. The molecular formula is C20H20FN3O2. The average Bonchev–Trinajstić information content (AvgIpc) is 3.21. The molecule has 2 aromatic carbocycles. The van der Waals surface area contributed by atoms with Crippen molar-refractivity contribution < 1.29 is 14.0 Å². The predicted molar refractivity (Wildman–Crippen MR) is 97.5 cm³/mol. The van der Waals surface area contributed by atoms with Crippen molar-refractivity contribution in [2.45, 2.75) is 12.8 Å². The number of nitrogens with one attached hydrogen (secondary N) is 1. The van der Waals surface area contributed by atoms with Crippen molar-refractivity contribution in [3.05, 3.63) is 60.4 Å². The lowest BCUT2D eigenvalue weighted by molar-refractivity contribution is -0.117. The maximum atomic E-state index is 13.0. The first-order chi connectivity index (χ1) is 12.5. The Bertz CT molecular complexity index is 825. The van der Waals surface area contributed by atoms with Gasteiger partial charge in [-0.05, 0) is 42.8 Å². The fourth-order valence-corrected chi connectivity index (χ4v) is 3.86. The minimum atomic E-state index is -0.339. The van der Waals surface area contributed by atoms with Gasteiger partial charge in [-0.15, -0.1) is 0 Å². The Balaban J connectivity index is 1.42. The van der Waals surface area contributed by atoms with E-state index in [0.717, 1.165) is 12.1 Å². The monoisotopic (exact) mass is 353 g/mol. The first-order valence-corrected chi connectivity index (χ1v) is 8.72. The zero-order valence-electron chi connectivity index (χ0n) is 14.3. The molecule has 5 nitrogen and oxygen atoms in total. The number of carbonyl (C=O) groups excluding carboxylic acids is 2. The van der Waals surface area contributed by atoms with E-state index in [2.05, 4.69) is 5.32 Å². The van der Waals surface area contributed by atoms with E-state index < -0.39 is 0 Å². The van der Waals surface area contributed by atoms with Crippen molar-refractivity contribution >= 4 is 23.3 Å². The van der Waals surface area contributed by atoms with Crippen LogP contribution in [0.3, 0.4) is 0 Å². The first-order valence-electron chi connectivity index (χ1n) is 8.72. The Morgan fingerprint density at radius 3 is 2.50 bits per heavy atom. The number of urea groups is 1. The third-order valence-electron chi connectivity index (χ3n) is 5.21. The number of anilines is 2. The SMILES string of the molecule is O=C(Nc1ccc(F)cc1)N1CC[C@]2(CC(=O)N(c3ccccc3)C2)C1. The summed E-state index contributed by atoms with van der Waals surface area (Å²) in [4.78, 5) is 28.6. The summed E-state index contributed by atoms with van der Waals surface area (Å²) in [6, 6.07) is 15.1. The van der Waals surface area contributed by atoms with Crippen LogP contribution in [0.1, 0.15) is 12.8 Å². The third-order valence-corrected chi connectivity index (χ3v) is 5.21. The highest BCUT2D eigenvalue weighted by Crippen LogP contribution is 2.41. The van der Waals surface area contributed by atoms with Crippen molar-refractivity contribution in [3.8, 4) is 0 Å². The largest absolute Gasteiger partial charge is 0.324 e. The van der Waals surface area contributed by atoms with Gasteiger partial charge in [0.2, 0.25) is 5.91 Å². The number of amides is 3. The minimum absolute atomic E-state index is 0.108. The number of rotatable bonds is 2. The number of benzene rings is 2. The molecule has 1 N–H and O–H groups in total. The van der Waals surface area contributed by atoms with E-state index in [1.165, 1.54) is 24.3 Å². The fraction of sp³-hybridized carbons (Fsp3) is 0.300. The van der Waals surface area contributed by atoms with Gasteiger partial charge in [0, 0.05) is 42.8 Å². The van der Waals surface area contributed by atoms with Gasteiger partial charge in [-0.2, -0.15) is 0 Å². The number of likely N-dealkylation sites (tertiary alicyclic amines) is 1. The van der Waals surface area contributed by atoms with E-state index in [-0.39, 0.29) is 23.2 Å². The zero-order valence-corrected chi connectivity index (χ0v) is 14.3. The Hall–Kier alpha value is -2.89. The van der Waals surface area contributed by atoms with E-state index in [0.29, 0.717) is 31.7 Å². The molecule has 0 aliphatic carbocycles. The quantitative estimate of drug-likeness (QED) is 0.899. The summed E-state index contributed by atoms with van der Waals surface area (Å²) >= 11 is 0. The third kappa shape index (κ3) is 3.14. The fourth-order valence-electron chi connectivity index (χ4n) is 3.86. The molecule has 0 unspecified atom stereocenters. The molecule has 0 aromatic heterocycles. The van der Waals surface area contributed by atoms with Crippen LogP contribution in [0, 0.1) is 11.2 Å². The molecule has 134 valence electrons. The van der Waals surface area contributed by atoms with Crippen LogP contribution >= 0.6 is 0 Å². The van der Waals surface area contributed by atoms with Gasteiger partial charge in [0.25, 0.3) is 0 Å². The van der Waals surface area contributed by atoms with Gasteiger partial charge in [-0.25, -0.2) is 9.18 Å². The molecule has 26 heavy (non-hydrogen) atoms. The van der Waals surface area contributed by atoms with Crippen LogP contribution in [0.25, 0.3) is 0 Å². The second-order valence-electron chi connectivity index (χ2n) is 7.10. The lowest BCUT2D eigenvalue weighted by Gasteiger charge is -2.24. The van der Waals surface area contributed by atoms with E-state index in [1.807, 2.05) is 35.2 Å². The standard InChI is InChI=1S/C20H20FN3O2/c21-15-6-8-16(9-7-15)22-19(26)23-11-10-20(13-23)12-18(25)24(14-20)17-4-2-1-3-5-17/h1-9H,10-14H2,(H,22,26)/t20-/m0/s1. The van der Waals surface area contributed by atoms with Crippen LogP contribution in [0.4, 0.5) is 20.6 Å². The average molecular weight is 353 g/mol. The van der Waals surface area contributed by atoms with Crippen LogP contribution in [-0.4, -0.2) is 36.5 Å². The van der Waals surface area contributed by atoms with Gasteiger partial charge in [-0.1, -0.05) is 18.2 Å². The van der Waals surface area contributed by atoms with Crippen molar-refractivity contribution in [3.63, 3.8) is 0 Å². The van der Waals surface area contributed by atoms with Crippen LogP contribution in [0.2, 0.25) is 0 Å². The summed E-state index contributed by atoms with van der Waals surface area (Å²) in [5.74, 6) is -0.231. The lowest BCUT2D eigenvalue weighted by Crippen LogP contribution is -2.36. The first kappa shape index (κ1) is 16.6. The van der Waals surface area contributed by atoms with E-state index >= 15 is 0 Å². The molecule has 1 atom stereocenters. The topological polar surface area (TPSA) is 52.7 Å². The van der Waals surface area contributed by atoms with Crippen molar-refractivity contribution in [2.75, 3.05) is 29.9 Å². The predicted octanol–water partition coefficient (Wildman–Crippen LogP) is 3.49. The smallest absolute Gasteiger partial charge is 0.321 e. The molecule has 1 spiro atoms. The van der Waals surface area contributed by atoms with Crippen LogP contribution < -0.4 is 10.2 Å². The Morgan fingerprint density at radius 2 is 1.77 bits per heavy atom. The maximum Gasteiger partial charge on any atom is 0.321 e. The number of carbonyl (C=O) groups is 2. The summed E-state index contributed by atoms with van der Waals surface area (Å²) < 4.78 is 13.0. The molecule has 3 amide bonds. The van der Waals surface area contributed by atoms with Gasteiger partial charge < -0.3 is 15.1 Å². The summed E-state index contributed by atoms with van der Waals surface area (Å²) in [6.45, 7) is 1.80. The van der Waals surface area contributed by atoms with Gasteiger partial charge in [0.05, 0.1) is 0 Å². The number of hydrogen-bond donors (Lipinski definition) is 1. The minimum Gasteiger partial charge on any atom is -0.324 e. The van der Waals surface area contributed by atoms with Gasteiger partial charge >= 0.3 is 6.03 Å². The lowest BCUT2D eigenvalue weighted by atomic mass is 9.86. The highest BCUT2D eigenvalue weighted by molar-refractivity contribution is 5.97. The number of nitrogens with zero attached hydrogens (tertiary/aromatic N) is 2. The maximum absolute atomic E-state index is 13.0. The summed E-state index contributed by atoms with van der Waals surface area (Å²) in [7, 11) is 0. The Morgan fingerprint density at radius 1 is 1.04 bits per heavy atom. The number of hydrogen-bond acceptors (Lipinski definition) is 2. The Kier molecular flexibility index (Phi) is 4.11. The van der Waals surface area contributed by atoms with Crippen molar-refractivity contribution in [1.29, 1.82) is 0 Å². The normalized spacial score (nSPS) is 22.3. The Labute approximate surface area is 151 Å². The van der Waals surface area contributed by atoms with Crippen LogP contribution in [0.5, 0.6) is 0 Å². The molecule has 2 aromatic rings. The van der Waals surface area contributed by atoms with Crippen LogP contribution in [-0.2, 0) is 4.79 Å². The molecule has 2 aliphatic heterocycles. The van der Waals surface area contributed by atoms with E-state index in [4.69, 9.17) is 0 Å².